The second-order valence-electron chi connectivity index (χ2n) is 7.12. The van der Waals surface area contributed by atoms with Crippen molar-refractivity contribution in [2.45, 2.75) is 50.6 Å². The minimum absolute atomic E-state index is 0.0708. The molecule has 1 saturated heterocycles. The molecule has 170 valence electrons. The zero-order valence-corrected chi connectivity index (χ0v) is 18.3. The monoisotopic (exact) mass is 461 g/mol. The van der Waals surface area contributed by atoms with Crippen LogP contribution in [0.2, 0.25) is 0 Å². The van der Waals surface area contributed by atoms with Crippen LogP contribution in [0, 0.1) is 0 Å². The summed E-state index contributed by atoms with van der Waals surface area (Å²) in [5.41, 5.74) is 10.0. The van der Waals surface area contributed by atoms with E-state index in [1.807, 2.05) is 30.3 Å². The summed E-state index contributed by atoms with van der Waals surface area (Å²) in [5.74, 6) is -3.30. The molecule has 0 radical (unpaired) electrons. The van der Waals surface area contributed by atoms with Crippen molar-refractivity contribution in [3.63, 3.8) is 0 Å². The second kappa shape index (κ2) is 10.6. The quantitative estimate of drug-likeness (QED) is 0.276. The van der Waals surface area contributed by atoms with Gasteiger partial charge in [-0.1, -0.05) is 41.5 Å². The van der Waals surface area contributed by atoms with E-state index in [1.165, 1.54) is 25.2 Å². The topological polar surface area (TPSA) is 140 Å². The van der Waals surface area contributed by atoms with Crippen LogP contribution in [0.3, 0.4) is 0 Å². The van der Waals surface area contributed by atoms with E-state index >= 15 is 0 Å². The first-order chi connectivity index (χ1) is 15.3. The highest BCUT2D eigenvalue weighted by molar-refractivity contribution is 7.10. The second-order valence-corrected chi connectivity index (χ2v) is 8.07. The van der Waals surface area contributed by atoms with Crippen LogP contribution in [0.5, 0.6) is 0 Å². The Bertz CT molecular complexity index is 965. The molecular weight excluding hydrogens is 438 g/mol. The van der Waals surface area contributed by atoms with Crippen LogP contribution in [0.4, 0.5) is 0 Å². The zero-order valence-electron chi connectivity index (χ0n) is 17.5. The number of ether oxygens (including phenoxy) is 4. The maximum atomic E-state index is 11.8. The fourth-order valence-corrected chi connectivity index (χ4v) is 4.29. The van der Waals surface area contributed by atoms with Crippen molar-refractivity contribution in [3.8, 4) is 0 Å². The van der Waals surface area contributed by atoms with Crippen LogP contribution < -0.4 is 0 Å². The minimum Gasteiger partial charge on any atom is -0.463 e. The first-order valence-electron chi connectivity index (χ1n) is 9.79. The third-order valence-corrected chi connectivity index (χ3v) is 5.79. The van der Waals surface area contributed by atoms with Gasteiger partial charge in [0.05, 0.1) is 11.5 Å². The number of thiophene rings is 1. The Hall–Kier alpha value is -2.95. The van der Waals surface area contributed by atoms with E-state index in [1.54, 1.807) is 17.5 Å². The van der Waals surface area contributed by atoms with Crippen LogP contribution in [-0.4, -0.2) is 48.0 Å². The summed E-state index contributed by atoms with van der Waals surface area (Å²) in [6, 6.07) is 11.4. The van der Waals surface area contributed by atoms with Crippen molar-refractivity contribution >= 4 is 23.3 Å². The van der Waals surface area contributed by atoms with E-state index in [0.29, 0.717) is 4.88 Å². The molecule has 1 aliphatic rings. The molecule has 0 bridgehead atoms. The lowest BCUT2D eigenvalue weighted by molar-refractivity contribution is -0.346. The molecule has 1 fully saturated rings. The Morgan fingerprint density at radius 1 is 1.22 bits per heavy atom. The number of carbonyl (C=O) groups excluding carboxylic acids is 2. The van der Waals surface area contributed by atoms with Crippen molar-refractivity contribution in [1.82, 2.24) is 0 Å². The molecule has 2 heterocycles. The van der Waals surface area contributed by atoms with Crippen molar-refractivity contribution in [3.05, 3.63) is 68.7 Å². The Kier molecular flexibility index (Phi) is 7.84. The maximum absolute atomic E-state index is 11.8. The summed E-state index contributed by atoms with van der Waals surface area (Å²) in [7, 11) is 0. The van der Waals surface area contributed by atoms with E-state index in [4.69, 9.17) is 18.9 Å². The van der Waals surface area contributed by atoms with E-state index in [9.17, 15) is 20.2 Å². The number of hydrogen-bond acceptors (Lipinski definition) is 9. The lowest BCUT2D eigenvalue weighted by Crippen LogP contribution is -2.64. The summed E-state index contributed by atoms with van der Waals surface area (Å²) in [6.07, 6.45) is -3.50. The molecular formula is C21H23N3O7S. The van der Waals surface area contributed by atoms with Gasteiger partial charge in [-0.15, -0.1) is 11.3 Å². The van der Waals surface area contributed by atoms with Gasteiger partial charge >= 0.3 is 11.9 Å². The minimum atomic E-state index is -2.05. The smallest absolute Gasteiger partial charge is 0.303 e. The number of esters is 2. The van der Waals surface area contributed by atoms with Gasteiger partial charge in [0.2, 0.25) is 5.79 Å². The average molecular weight is 461 g/mol. The van der Waals surface area contributed by atoms with Crippen molar-refractivity contribution in [1.29, 1.82) is 0 Å². The highest BCUT2D eigenvalue weighted by atomic mass is 32.1. The van der Waals surface area contributed by atoms with Crippen molar-refractivity contribution in [2.24, 2.45) is 5.11 Å². The SMILES string of the molecule is CC(=O)OC[C@H]1O[C@@](O)(c2cccs2)[C@H](OCc2ccccc2)[C@@H](N=[N+]=[N-])[C@@H]1OC(C)=O. The average Bonchev–Trinajstić information content (AvgIpc) is 3.30. The predicted octanol–water partition coefficient (Wildman–Crippen LogP) is 3.05. The Morgan fingerprint density at radius 3 is 2.56 bits per heavy atom. The van der Waals surface area contributed by atoms with E-state index < -0.39 is 42.1 Å². The predicted molar refractivity (Wildman–Crippen MR) is 113 cm³/mol. The Labute approximate surface area is 188 Å². The van der Waals surface area contributed by atoms with E-state index in [2.05, 4.69) is 10.0 Å². The number of rotatable bonds is 8. The molecule has 1 N–H and O–H groups in total. The Morgan fingerprint density at radius 2 is 1.97 bits per heavy atom. The van der Waals surface area contributed by atoms with Gasteiger partial charge < -0.3 is 24.1 Å². The normalized spacial score (nSPS) is 27.2. The molecule has 32 heavy (non-hydrogen) atoms. The molecule has 0 amide bonds. The number of hydrogen-bond donors (Lipinski definition) is 1. The van der Waals surface area contributed by atoms with Crippen molar-refractivity contribution < 1.29 is 33.6 Å². The molecule has 2 aromatic rings. The van der Waals surface area contributed by atoms with E-state index in [0.717, 1.165) is 5.56 Å². The lowest BCUT2D eigenvalue weighted by atomic mass is 9.89. The molecule has 0 spiro atoms. The summed E-state index contributed by atoms with van der Waals surface area (Å²) in [5, 5.41) is 17.2. The molecule has 11 heteroatoms. The number of nitrogens with zero attached hydrogens (tertiary/aromatic N) is 3. The van der Waals surface area contributed by atoms with Gasteiger partial charge in [-0.25, -0.2) is 0 Å². The molecule has 0 unspecified atom stereocenters. The molecule has 5 atom stereocenters. The maximum Gasteiger partial charge on any atom is 0.303 e. The van der Waals surface area contributed by atoms with Gasteiger partial charge in [0.25, 0.3) is 0 Å². The van der Waals surface area contributed by atoms with E-state index in [-0.39, 0.29) is 13.2 Å². The third kappa shape index (κ3) is 5.45. The summed E-state index contributed by atoms with van der Waals surface area (Å²) in [4.78, 5) is 26.5. The highest BCUT2D eigenvalue weighted by Gasteiger charge is 2.57. The van der Waals surface area contributed by atoms with Gasteiger partial charge in [0, 0.05) is 18.8 Å². The first kappa shape index (κ1) is 23.7. The van der Waals surface area contributed by atoms with Gasteiger partial charge in [-0.05, 0) is 22.5 Å². The fraction of sp³-hybridized carbons (Fsp3) is 0.429. The van der Waals surface area contributed by atoms with Crippen LogP contribution in [0.25, 0.3) is 10.4 Å². The van der Waals surface area contributed by atoms with Crippen LogP contribution in [0.1, 0.15) is 24.3 Å². The van der Waals surface area contributed by atoms with Gasteiger partial charge in [0.15, 0.2) is 0 Å². The lowest BCUT2D eigenvalue weighted by Gasteiger charge is -2.48. The zero-order chi connectivity index (χ0) is 23.1. The molecule has 1 aromatic carbocycles. The summed E-state index contributed by atoms with van der Waals surface area (Å²) >= 11 is 1.21. The standard InChI is InChI=1S/C21H23N3O7S/c1-13(25)28-12-16-19(30-14(2)26)18(23-24-22)20(29-11-15-7-4-3-5-8-15)21(27,31-16)17-9-6-10-32-17/h3-10,16,18-20,27H,11-12H2,1-2H3/t16-,18+,19-,20-,21+/m1/s1. The largest absolute Gasteiger partial charge is 0.463 e. The highest BCUT2D eigenvalue weighted by Crippen LogP contribution is 2.42. The summed E-state index contributed by atoms with van der Waals surface area (Å²) < 4.78 is 22.4. The molecule has 10 nitrogen and oxygen atoms in total. The van der Waals surface area contributed by atoms with Crippen LogP contribution >= 0.6 is 11.3 Å². The molecule has 0 saturated carbocycles. The molecule has 3 rings (SSSR count). The van der Waals surface area contributed by atoms with Gasteiger partial charge in [0.1, 0.15) is 31.0 Å². The molecule has 1 aromatic heterocycles. The number of aliphatic hydroxyl groups is 1. The Balaban J connectivity index is 2.02. The first-order valence-corrected chi connectivity index (χ1v) is 10.7. The number of benzene rings is 1. The number of azide groups is 1. The fourth-order valence-electron chi connectivity index (χ4n) is 3.49. The van der Waals surface area contributed by atoms with Gasteiger partial charge in [-0.3, -0.25) is 9.59 Å². The van der Waals surface area contributed by atoms with Crippen LogP contribution in [0.15, 0.2) is 53.0 Å². The summed E-state index contributed by atoms with van der Waals surface area (Å²) in [6.45, 7) is 2.15. The molecule has 0 aliphatic carbocycles. The van der Waals surface area contributed by atoms with Crippen molar-refractivity contribution in [2.75, 3.05) is 6.61 Å². The number of carbonyl (C=O) groups is 2. The van der Waals surface area contributed by atoms with Gasteiger partial charge in [-0.2, -0.15) is 0 Å². The molecule has 1 aliphatic heterocycles. The third-order valence-electron chi connectivity index (χ3n) is 4.81. The van der Waals surface area contributed by atoms with Crippen LogP contribution in [-0.2, 0) is 40.9 Å².